The van der Waals surface area contributed by atoms with Gasteiger partial charge in [-0.15, -0.1) is 0 Å². The van der Waals surface area contributed by atoms with Crippen molar-refractivity contribution in [2.24, 2.45) is 0 Å². The molecule has 106 valence electrons. The lowest BCUT2D eigenvalue weighted by Gasteiger charge is -2.04. The van der Waals surface area contributed by atoms with Gasteiger partial charge in [0, 0.05) is 6.20 Å². The number of aromatic nitrogens is 1. The topological polar surface area (TPSA) is 59.1 Å². The number of sulfonamides is 1. The molecule has 0 aliphatic heterocycles. The van der Waals surface area contributed by atoms with Crippen molar-refractivity contribution in [1.29, 1.82) is 0 Å². The van der Waals surface area contributed by atoms with E-state index in [0.717, 1.165) is 10.4 Å². The minimum atomic E-state index is -3.58. The van der Waals surface area contributed by atoms with Crippen LogP contribution in [0.1, 0.15) is 0 Å². The molecule has 0 atom stereocenters. The molecular formula is C15H12N2O2S2. The molecule has 1 heterocycles. The van der Waals surface area contributed by atoms with Gasteiger partial charge in [-0.2, -0.15) is 0 Å². The summed E-state index contributed by atoms with van der Waals surface area (Å²) in [5, 5.41) is 0.359. The molecule has 0 saturated heterocycles. The summed E-state index contributed by atoms with van der Waals surface area (Å²) in [6.45, 7) is 0. The van der Waals surface area contributed by atoms with Crippen molar-refractivity contribution in [3.63, 3.8) is 0 Å². The third-order valence-corrected chi connectivity index (χ3v) is 5.29. The van der Waals surface area contributed by atoms with Gasteiger partial charge in [-0.1, -0.05) is 59.9 Å². The maximum atomic E-state index is 12.2. The highest BCUT2D eigenvalue weighted by Crippen LogP contribution is 2.29. The first kappa shape index (κ1) is 13.8. The van der Waals surface area contributed by atoms with Crippen molar-refractivity contribution < 1.29 is 8.42 Å². The molecule has 6 heteroatoms. The first-order valence-corrected chi connectivity index (χ1v) is 8.54. The summed E-state index contributed by atoms with van der Waals surface area (Å²) >= 11 is 1.31. The van der Waals surface area contributed by atoms with Gasteiger partial charge in [-0.05, 0) is 17.7 Å². The quantitative estimate of drug-likeness (QED) is 0.800. The summed E-state index contributed by atoms with van der Waals surface area (Å²) < 4.78 is 26.9. The Kier molecular flexibility index (Phi) is 3.72. The van der Waals surface area contributed by atoms with Crippen LogP contribution in [0.5, 0.6) is 0 Å². The van der Waals surface area contributed by atoms with E-state index in [4.69, 9.17) is 0 Å². The van der Waals surface area contributed by atoms with E-state index in [-0.39, 0.29) is 4.90 Å². The van der Waals surface area contributed by atoms with Gasteiger partial charge in [0.15, 0.2) is 5.13 Å². The first-order chi connectivity index (χ1) is 10.1. The third kappa shape index (κ3) is 3.12. The van der Waals surface area contributed by atoms with Crippen LogP contribution in [0, 0.1) is 0 Å². The summed E-state index contributed by atoms with van der Waals surface area (Å²) in [6, 6.07) is 18.0. The molecule has 1 aromatic heterocycles. The van der Waals surface area contributed by atoms with Crippen molar-refractivity contribution in [2.45, 2.75) is 4.90 Å². The van der Waals surface area contributed by atoms with E-state index in [1.54, 1.807) is 36.5 Å². The van der Waals surface area contributed by atoms with E-state index in [1.807, 2.05) is 30.3 Å². The maximum Gasteiger partial charge on any atom is 0.263 e. The number of nitrogens with zero attached hydrogens (tertiary/aromatic N) is 1. The van der Waals surface area contributed by atoms with E-state index < -0.39 is 10.0 Å². The Labute approximate surface area is 127 Å². The molecular weight excluding hydrogens is 304 g/mol. The maximum absolute atomic E-state index is 12.2. The number of anilines is 1. The van der Waals surface area contributed by atoms with Crippen molar-refractivity contribution in [3.8, 4) is 10.4 Å². The number of hydrogen-bond acceptors (Lipinski definition) is 4. The fourth-order valence-electron chi connectivity index (χ4n) is 1.83. The Morgan fingerprint density at radius 2 is 1.52 bits per heavy atom. The van der Waals surface area contributed by atoms with Gasteiger partial charge in [0.05, 0.1) is 9.77 Å². The number of rotatable bonds is 4. The van der Waals surface area contributed by atoms with Crippen LogP contribution in [0.3, 0.4) is 0 Å². The highest BCUT2D eigenvalue weighted by molar-refractivity contribution is 7.93. The molecule has 4 nitrogen and oxygen atoms in total. The zero-order valence-electron chi connectivity index (χ0n) is 10.9. The molecule has 0 aliphatic rings. The summed E-state index contributed by atoms with van der Waals surface area (Å²) in [5.74, 6) is 0. The molecule has 0 amide bonds. The van der Waals surface area contributed by atoms with Crippen molar-refractivity contribution in [2.75, 3.05) is 4.72 Å². The Balaban J connectivity index is 1.85. The van der Waals surface area contributed by atoms with Crippen LogP contribution >= 0.6 is 11.3 Å². The number of nitrogens with one attached hydrogen (secondary N) is 1. The smallest absolute Gasteiger partial charge is 0.255 e. The predicted molar refractivity (Wildman–Crippen MR) is 84.8 cm³/mol. The average Bonchev–Trinajstić information content (AvgIpc) is 2.97. The first-order valence-electron chi connectivity index (χ1n) is 6.24. The normalized spacial score (nSPS) is 11.2. The second-order valence-electron chi connectivity index (χ2n) is 4.31. The summed E-state index contributed by atoms with van der Waals surface area (Å²) in [7, 11) is -3.58. The van der Waals surface area contributed by atoms with Crippen molar-refractivity contribution in [1.82, 2.24) is 4.98 Å². The zero-order chi connectivity index (χ0) is 14.7. The molecule has 3 aromatic rings. The second-order valence-corrected chi connectivity index (χ2v) is 7.03. The van der Waals surface area contributed by atoms with Crippen LogP contribution in [-0.2, 0) is 10.0 Å². The zero-order valence-corrected chi connectivity index (χ0v) is 12.6. The SMILES string of the molecule is O=S(=O)(Nc1ncc(-c2ccccc2)s1)c1ccccc1. The van der Waals surface area contributed by atoms with E-state index in [0.29, 0.717) is 5.13 Å². The van der Waals surface area contributed by atoms with Crippen LogP contribution < -0.4 is 4.72 Å². The molecule has 1 N–H and O–H groups in total. The molecule has 0 aliphatic carbocycles. The molecule has 0 bridgehead atoms. The van der Waals surface area contributed by atoms with Gasteiger partial charge in [0.1, 0.15) is 0 Å². The molecule has 2 aromatic carbocycles. The number of hydrogen-bond donors (Lipinski definition) is 1. The van der Waals surface area contributed by atoms with E-state index in [9.17, 15) is 8.42 Å². The van der Waals surface area contributed by atoms with Gasteiger partial charge in [0.2, 0.25) is 0 Å². The van der Waals surface area contributed by atoms with Crippen molar-refractivity contribution in [3.05, 3.63) is 66.9 Å². The monoisotopic (exact) mass is 316 g/mol. The summed E-state index contributed by atoms with van der Waals surface area (Å²) in [6.07, 6.45) is 1.67. The Morgan fingerprint density at radius 3 is 2.19 bits per heavy atom. The molecule has 3 rings (SSSR count). The Bertz CT molecular complexity index is 828. The summed E-state index contributed by atoms with van der Waals surface area (Å²) in [5.41, 5.74) is 1.01. The minimum absolute atomic E-state index is 0.224. The van der Waals surface area contributed by atoms with Gasteiger partial charge in [0.25, 0.3) is 10.0 Å². The fraction of sp³-hybridized carbons (Fsp3) is 0. The van der Waals surface area contributed by atoms with Crippen molar-refractivity contribution >= 4 is 26.5 Å². The average molecular weight is 316 g/mol. The molecule has 0 radical (unpaired) electrons. The highest BCUT2D eigenvalue weighted by Gasteiger charge is 2.15. The van der Waals surface area contributed by atoms with Crippen LogP contribution in [0.2, 0.25) is 0 Å². The van der Waals surface area contributed by atoms with E-state index in [2.05, 4.69) is 9.71 Å². The highest BCUT2D eigenvalue weighted by atomic mass is 32.2. The van der Waals surface area contributed by atoms with E-state index >= 15 is 0 Å². The van der Waals surface area contributed by atoms with E-state index in [1.165, 1.54) is 11.3 Å². The lowest BCUT2D eigenvalue weighted by atomic mass is 10.2. The molecule has 21 heavy (non-hydrogen) atoms. The standard InChI is InChI=1S/C15H12N2O2S2/c18-21(19,13-9-5-2-6-10-13)17-15-16-11-14(20-15)12-7-3-1-4-8-12/h1-11H,(H,16,17). The van der Waals surface area contributed by atoms with Gasteiger partial charge in [-0.25, -0.2) is 13.4 Å². The second kappa shape index (κ2) is 5.67. The third-order valence-electron chi connectivity index (χ3n) is 2.84. The Hall–Kier alpha value is -2.18. The molecule has 0 fully saturated rings. The van der Waals surface area contributed by atoms with Crippen LogP contribution in [0.15, 0.2) is 71.8 Å². The fourth-order valence-corrected chi connectivity index (χ4v) is 3.92. The molecule has 0 spiro atoms. The van der Waals surface area contributed by atoms with Gasteiger partial charge in [-0.3, -0.25) is 4.72 Å². The lowest BCUT2D eigenvalue weighted by Crippen LogP contribution is -2.12. The van der Waals surface area contributed by atoms with Crippen LogP contribution in [0.4, 0.5) is 5.13 Å². The molecule has 0 saturated carbocycles. The lowest BCUT2D eigenvalue weighted by molar-refractivity contribution is 0.601. The van der Waals surface area contributed by atoms with Crippen LogP contribution in [-0.4, -0.2) is 13.4 Å². The largest absolute Gasteiger partial charge is 0.263 e. The van der Waals surface area contributed by atoms with Crippen LogP contribution in [0.25, 0.3) is 10.4 Å². The van der Waals surface area contributed by atoms with Gasteiger partial charge >= 0.3 is 0 Å². The van der Waals surface area contributed by atoms with Gasteiger partial charge < -0.3 is 0 Å². The Morgan fingerprint density at radius 1 is 0.905 bits per heavy atom. The number of benzene rings is 2. The predicted octanol–water partition coefficient (Wildman–Crippen LogP) is 3.61. The minimum Gasteiger partial charge on any atom is -0.255 e. The summed E-state index contributed by atoms with van der Waals surface area (Å²) in [4.78, 5) is 5.27. The number of thiazole rings is 1. The molecule has 0 unspecified atom stereocenters.